The van der Waals surface area contributed by atoms with Gasteiger partial charge in [-0.15, -0.1) is 11.3 Å². The average Bonchev–Trinajstić information content (AvgIpc) is 3.33. The molecule has 4 aromatic rings. The normalized spacial score (nSPS) is 13.5. The predicted molar refractivity (Wildman–Crippen MR) is 132 cm³/mol. The first kappa shape index (κ1) is 24.3. The number of hydrogen-bond acceptors (Lipinski definition) is 5. The number of para-hydroxylation sites is 2. The molecule has 0 N–H and O–H groups in total. The molecule has 36 heavy (non-hydrogen) atoms. The maximum atomic E-state index is 13.8. The molecule has 5 rings (SSSR count). The molecular formula is C26H18ClF3N2O3S. The molecule has 2 heterocycles. The first-order valence-corrected chi connectivity index (χ1v) is 12.3. The van der Waals surface area contributed by atoms with Crippen molar-refractivity contribution in [3.8, 4) is 33.3 Å². The van der Waals surface area contributed by atoms with Gasteiger partial charge in [-0.2, -0.15) is 13.2 Å². The number of benzene rings is 2. The van der Waals surface area contributed by atoms with Crippen molar-refractivity contribution in [3.63, 3.8) is 0 Å². The highest BCUT2D eigenvalue weighted by atomic mass is 35.5. The van der Waals surface area contributed by atoms with E-state index in [2.05, 4.69) is 4.98 Å². The number of pyridine rings is 1. The smallest absolute Gasteiger partial charge is 0.422 e. The molecule has 1 aliphatic carbocycles. The van der Waals surface area contributed by atoms with Crippen molar-refractivity contribution in [2.75, 3.05) is 6.61 Å². The predicted octanol–water partition coefficient (Wildman–Crippen LogP) is 6.74. The number of alkyl halides is 3. The van der Waals surface area contributed by atoms with Crippen LogP contribution in [0.5, 0.6) is 5.75 Å². The zero-order valence-electron chi connectivity index (χ0n) is 18.6. The van der Waals surface area contributed by atoms with Gasteiger partial charge in [-0.3, -0.25) is 14.2 Å². The molecule has 0 fully saturated rings. The molecule has 10 heteroatoms. The summed E-state index contributed by atoms with van der Waals surface area (Å²) in [5.41, 5.74) is 2.12. The lowest BCUT2D eigenvalue weighted by Gasteiger charge is -2.23. The quantitative estimate of drug-likeness (QED) is 0.287. The summed E-state index contributed by atoms with van der Waals surface area (Å²) in [6, 6.07) is 14.7. The Morgan fingerprint density at radius 1 is 1.03 bits per heavy atom. The summed E-state index contributed by atoms with van der Waals surface area (Å²) in [6.07, 6.45) is -3.26. The number of hydrogen-bond donors (Lipinski definition) is 0. The maximum absolute atomic E-state index is 13.8. The molecule has 5 nitrogen and oxygen atoms in total. The Hall–Kier alpha value is -3.43. The molecule has 0 spiro atoms. The van der Waals surface area contributed by atoms with E-state index < -0.39 is 18.3 Å². The zero-order chi connectivity index (χ0) is 25.4. The van der Waals surface area contributed by atoms with Crippen LogP contribution >= 0.6 is 22.9 Å². The zero-order valence-corrected chi connectivity index (χ0v) is 20.2. The molecule has 2 aromatic carbocycles. The van der Waals surface area contributed by atoms with E-state index in [4.69, 9.17) is 16.3 Å². The van der Waals surface area contributed by atoms with Gasteiger partial charge in [-0.1, -0.05) is 35.9 Å². The number of carbonyl (C=O) groups excluding carboxylic acids is 1. The van der Waals surface area contributed by atoms with Gasteiger partial charge in [0.25, 0.3) is 5.56 Å². The monoisotopic (exact) mass is 530 g/mol. The Morgan fingerprint density at radius 2 is 1.78 bits per heavy atom. The van der Waals surface area contributed by atoms with Crippen LogP contribution in [0.2, 0.25) is 5.02 Å². The lowest BCUT2D eigenvalue weighted by Crippen LogP contribution is -2.29. The Labute approximate surface area is 212 Å². The van der Waals surface area contributed by atoms with Crippen LogP contribution in [0.15, 0.2) is 64.8 Å². The van der Waals surface area contributed by atoms with Crippen LogP contribution in [0.25, 0.3) is 27.5 Å². The van der Waals surface area contributed by atoms with E-state index >= 15 is 0 Å². The van der Waals surface area contributed by atoms with Crippen molar-refractivity contribution in [2.24, 2.45) is 0 Å². The topological polar surface area (TPSA) is 61.2 Å². The Kier molecular flexibility index (Phi) is 6.44. The van der Waals surface area contributed by atoms with Crippen LogP contribution in [0.3, 0.4) is 0 Å². The first-order valence-electron chi connectivity index (χ1n) is 11.0. The highest BCUT2D eigenvalue weighted by Crippen LogP contribution is 2.33. The number of ketones is 1. The number of aromatic nitrogens is 2. The summed E-state index contributed by atoms with van der Waals surface area (Å²) in [4.78, 5) is 31.3. The second-order valence-electron chi connectivity index (χ2n) is 8.25. The summed E-state index contributed by atoms with van der Waals surface area (Å²) in [5, 5.41) is 2.77. The third-order valence-corrected chi connectivity index (χ3v) is 6.92. The highest BCUT2D eigenvalue weighted by Gasteiger charge is 2.30. The lowest BCUT2D eigenvalue weighted by molar-refractivity contribution is -0.153. The molecule has 2 aromatic heterocycles. The van der Waals surface area contributed by atoms with E-state index in [1.807, 2.05) is 12.1 Å². The van der Waals surface area contributed by atoms with Crippen molar-refractivity contribution >= 4 is 28.7 Å². The molecule has 0 aliphatic heterocycles. The number of carbonyl (C=O) groups is 1. The van der Waals surface area contributed by atoms with Crippen molar-refractivity contribution in [1.29, 1.82) is 0 Å². The van der Waals surface area contributed by atoms with Gasteiger partial charge in [0, 0.05) is 33.6 Å². The van der Waals surface area contributed by atoms with Gasteiger partial charge in [0.15, 0.2) is 12.4 Å². The number of nitrogens with zero attached hydrogens (tertiary/aromatic N) is 2. The molecule has 0 saturated carbocycles. The Bertz CT molecular complexity index is 1510. The van der Waals surface area contributed by atoms with Crippen LogP contribution < -0.4 is 10.3 Å². The van der Waals surface area contributed by atoms with Gasteiger partial charge < -0.3 is 4.74 Å². The molecule has 0 saturated heterocycles. The average molecular weight is 531 g/mol. The molecule has 0 radical (unpaired) electrons. The fourth-order valence-electron chi connectivity index (χ4n) is 4.17. The summed E-state index contributed by atoms with van der Waals surface area (Å²) >= 11 is 7.21. The van der Waals surface area contributed by atoms with Crippen molar-refractivity contribution in [1.82, 2.24) is 9.55 Å². The van der Waals surface area contributed by atoms with E-state index in [1.54, 1.807) is 29.6 Å². The van der Waals surface area contributed by atoms with E-state index in [0.29, 0.717) is 46.2 Å². The summed E-state index contributed by atoms with van der Waals surface area (Å²) in [5.74, 6) is -0.232. The largest absolute Gasteiger partial charge is 0.482 e. The summed E-state index contributed by atoms with van der Waals surface area (Å²) in [6.45, 7) is -1.50. The molecule has 0 unspecified atom stereocenters. The minimum absolute atomic E-state index is 0.102. The number of Topliss-reactive ketones (excluding diaryl/α,β-unsaturated/α-hetero) is 1. The fraction of sp³-hybridized carbons (Fsp3) is 0.192. The van der Waals surface area contributed by atoms with Gasteiger partial charge in [-0.25, -0.2) is 4.98 Å². The van der Waals surface area contributed by atoms with E-state index in [1.165, 1.54) is 34.1 Å². The van der Waals surface area contributed by atoms with Crippen molar-refractivity contribution < 1.29 is 22.7 Å². The SMILES string of the molecule is O=C1CCCc2c1cc(-c1nc(-c3ccc(Cl)cc3)cs1)c(=O)n2-c1ccccc1OCC(F)(F)F. The van der Waals surface area contributed by atoms with E-state index in [9.17, 15) is 22.8 Å². The highest BCUT2D eigenvalue weighted by molar-refractivity contribution is 7.13. The maximum Gasteiger partial charge on any atom is 0.422 e. The molecule has 0 atom stereocenters. The Balaban J connectivity index is 1.67. The lowest BCUT2D eigenvalue weighted by atomic mass is 9.93. The molecular weight excluding hydrogens is 513 g/mol. The minimum atomic E-state index is -4.55. The third kappa shape index (κ3) is 4.81. The van der Waals surface area contributed by atoms with Crippen molar-refractivity contribution in [2.45, 2.75) is 25.4 Å². The van der Waals surface area contributed by atoms with Crippen LogP contribution in [0, 0.1) is 0 Å². The Morgan fingerprint density at radius 3 is 2.53 bits per heavy atom. The first-order chi connectivity index (χ1) is 17.2. The van der Waals surface area contributed by atoms with Gasteiger partial charge in [0.1, 0.15) is 10.8 Å². The second kappa shape index (κ2) is 9.55. The molecule has 184 valence electrons. The fourth-order valence-corrected chi connectivity index (χ4v) is 5.14. The standard InChI is InChI=1S/C26H18ClF3N2O3S/c27-16-10-8-15(9-11-16)19-13-36-24(31-19)18-12-17-20(5-3-6-22(17)33)32(25(18)34)21-4-1-2-7-23(21)35-14-26(28,29)30/h1-2,4,7-13H,3,5-6,14H2. The minimum Gasteiger partial charge on any atom is -0.482 e. The van der Waals surface area contributed by atoms with E-state index in [0.717, 1.165) is 5.56 Å². The number of fused-ring (bicyclic) bond motifs is 1. The molecule has 1 aliphatic rings. The number of rotatable bonds is 5. The second-order valence-corrected chi connectivity index (χ2v) is 9.55. The van der Waals surface area contributed by atoms with Gasteiger partial charge >= 0.3 is 6.18 Å². The summed E-state index contributed by atoms with van der Waals surface area (Å²) in [7, 11) is 0. The van der Waals surface area contributed by atoms with Gasteiger partial charge in [-0.05, 0) is 43.2 Å². The molecule has 0 bridgehead atoms. The van der Waals surface area contributed by atoms with Gasteiger partial charge in [0.05, 0.1) is 16.9 Å². The van der Waals surface area contributed by atoms with Crippen LogP contribution in [0.4, 0.5) is 13.2 Å². The molecule has 0 amide bonds. The van der Waals surface area contributed by atoms with Crippen LogP contribution in [-0.2, 0) is 6.42 Å². The third-order valence-electron chi connectivity index (χ3n) is 5.79. The van der Waals surface area contributed by atoms with Crippen molar-refractivity contribution in [3.05, 3.63) is 86.6 Å². The number of halogens is 4. The van der Waals surface area contributed by atoms with Gasteiger partial charge in [0.2, 0.25) is 0 Å². The van der Waals surface area contributed by atoms with E-state index in [-0.39, 0.29) is 22.8 Å². The number of thiazole rings is 1. The summed E-state index contributed by atoms with van der Waals surface area (Å²) < 4.78 is 45.0. The van der Waals surface area contributed by atoms with Crippen LogP contribution in [0.1, 0.15) is 28.9 Å². The number of ether oxygens (including phenoxy) is 1. The van der Waals surface area contributed by atoms with Crippen LogP contribution in [-0.4, -0.2) is 28.1 Å².